The molecule has 1 N–H and O–H groups in total. The fraction of sp³-hybridized carbons (Fsp3) is 0.308. The number of aromatic nitrogens is 2. The van der Waals surface area contributed by atoms with Crippen LogP contribution in [0.25, 0.3) is 5.69 Å². The van der Waals surface area contributed by atoms with E-state index in [1.54, 1.807) is 12.3 Å². The predicted molar refractivity (Wildman–Crippen MR) is 72.2 cm³/mol. The van der Waals surface area contributed by atoms with Crippen LogP contribution in [0.5, 0.6) is 0 Å². The summed E-state index contributed by atoms with van der Waals surface area (Å²) < 4.78 is 14.6. The molecule has 6 nitrogen and oxygen atoms in total. The third kappa shape index (κ3) is 3.18. The molecule has 2 rings (SSSR count). The number of benzene rings is 1. The van der Waals surface area contributed by atoms with Gasteiger partial charge in [-0.25, -0.2) is 9.07 Å². The van der Waals surface area contributed by atoms with Crippen LogP contribution in [-0.2, 0) is 6.54 Å². The molecule has 0 amide bonds. The lowest BCUT2D eigenvalue weighted by Crippen LogP contribution is -2.22. The SMILES string of the molecule is CC(C)NCc1ccn(-c2cc(F)ccc2[N+](=O)[O-])n1. The van der Waals surface area contributed by atoms with Crippen LogP contribution in [0.1, 0.15) is 19.5 Å². The molecule has 0 saturated heterocycles. The zero-order chi connectivity index (χ0) is 14.7. The van der Waals surface area contributed by atoms with Gasteiger partial charge < -0.3 is 5.32 Å². The van der Waals surface area contributed by atoms with Crippen LogP contribution in [0, 0.1) is 15.9 Å². The van der Waals surface area contributed by atoms with E-state index in [-0.39, 0.29) is 11.4 Å². The molecule has 0 aliphatic rings. The highest BCUT2D eigenvalue weighted by atomic mass is 19.1. The third-order valence-electron chi connectivity index (χ3n) is 2.72. The Morgan fingerprint density at radius 3 is 2.85 bits per heavy atom. The molecule has 1 aromatic heterocycles. The van der Waals surface area contributed by atoms with Crippen LogP contribution in [0.2, 0.25) is 0 Å². The Balaban J connectivity index is 2.32. The summed E-state index contributed by atoms with van der Waals surface area (Å²) in [6.07, 6.45) is 1.58. The maximum Gasteiger partial charge on any atom is 0.295 e. The Morgan fingerprint density at radius 1 is 1.45 bits per heavy atom. The molecule has 0 unspecified atom stereocenters. The summed E-state index contributed by atoms with van der Waals surface area (Å²) in [6.45, 7) is 4.57. The van der Waals surface area contributed by atoms with E-state index in [0.29, 0.717) is 12.6 Å². The number of nitrogens with one attached hydrogen (secondary N) is 1. The second-order valence-corrected chi connectivity index (χ2v) is 4.68. The van der Waals surface area contributed by atoms with Gasteiger partial charge in [-0.15, -0.1) is 0 Å². The molecule has 0 spiro atoms. The molecule has 0 aliphatic heterocycles. The van der Waals surface area contributed by atoms with Gasteiger partial charge in [0, 0.05) is 30.9 Å². The van der Waals surface area contributed by atoms with Crippen molar-refractivity contribution in [3.63, 3.8) is 0 Å². The minimum Gasteiger partial charge on any atom is -0.309 e. The van der Waals surface area contributed by atoms with Crippen molar-refractivity contribution in [2.75, 3.05) is 0 Å². The summed E-state index contributed by atoms with van der Waals surface area (Å²) in [6, 6.07) is 5.35. The summed E-state index contributed by atoms with van der Waals surface area (Å²) in [5, 5.41) is 18.4. The molecule has 0 radical (unpaired) electrons. The van der Waals surface area contributed by atoms with Gasteiger partial charge in [0.1, 0.15) is 11.5 Å². The van der Waals surface area contributed by atoms with Crippen molar-refractivity contribution in [2.45, 2.75) is 26.4 Å². The van der Waals surface area contributed by atoms with Crippen molar-refractivity contribution in [3.05, 3.63) is 52.1 Å². The molecule has 0 saturated carbocycles. The van der Waals surface area contributed by atoms with Gasteiger partial charge in [0.15, 0.2) is 0 Å². The fourth-order valence-electron chi connectivity index (χ4n) is 1.73. The molecular formula is C13H15FN4O2. The van der Waals surface area contributed by atoms with E-state index in [0.717, 1.165) is 23.9 Å². The van der Waals surface area contributed by atoms with Gasteiger partial charge in [0.05, 0.1) is 10.6 Å². The minimum absolute atomic E-state index is 0.116. The zero-order valence-electron chi connectivity index (χ0n) is 11.2. The minimum atomic E-state index is -0.553. The smallest absolute Gasteiger partial charge is 0.295 e. The molecule has 20 heavy (non-hydrogen) atoms. The van der Waals surface area contributed by atoms with E-state index >= 15 is 0 Å². The van der Waals surface area contributed by atoms with Gasteiger partial charge >= 0.3 is 0 Å². The van der Waals surface area contributed by atoms with E-state index < -0.39 is 10.7 Å². The van der Waals surface area contributed by atoms with Crippen molar-refractivity contribution >= 4 is 5.69 Å². The number of hydrogen-bond donors (Lipinski definition) is 1. The highest BCUT2D eigenvalue weighted by Crippen LogP contribution is 2.23. The summed E-state index contributed by atoms with van der Waals surface area (Å²) in [5.41, 5.74) is 0.668. The molecule has 7 heteroatoms. The van der Waals surface area contributed by atoms with Gasteiger partial charge in [-0.1, -0.05) is 13.8 Å². The van der Waals surface area contributed by atoms with Gasteiger partial charge in [0.2, 0.25) is 0 Å². The Labute approximate surface area is 115 Å². The first-order chi connectivity index (χ1) is 9.47. The van der Waals surface area contributed by atoms with Crippen LogP contribution >= 0.6 is 0 Å². The first kappa shape index (κ1) is 14.1. The number of nitro benzene ring substituents is 1. The van der Waals surface area contributed by atoms with E-state index in [1.807, 2.05) is 13.8 Å². The number of halogens is 1. The number of nitro groups is 1. The highest BCUT2D eigenvalue weighted by molar-refractivity contribution is 5.51. The highest BCUT2D eigenvalue weighted by Gasteiger charge is 2.17. The van der Waals surface area contributed by atoms with Gasteiger partial charge in [-0.3, -0.25) is 10.1 Å². The Hall–Kier alpha value is -2.28. The first-order valence-corrected chi connectivity index (χ1v) is 6.19. The summed E-state index contributed by atoms with van der Waals surface area (Å²) in [7, 11) is 0. The van der Waals surface area contributed by atoms with Crippen LogP contribution in [-0.4, -0.2) is 20.7 Å². The summed E-state index contributed by atoms with van der Waals surface area (Å²) in [5.74, 6) is -0.539. The molecular weight excluding hydrogens is 263 g/mol. The van der Waals surface area contributed by atoms with Crippen LogP contribution in [0.3, 0.4) is 0 Å². The standard InChI is InChI=1S/C13H15FN4O2/c1-9(2)15-8-11-5-6-17(16-11)13-7-10(14)3-4-12(13)18(19)20/h3-7,9,15H,8H2,1-2H3. The van der Waals surface area contributed by atoms with Gasteiger partial charge in [-0.2, -0.15) is 5.10 Å². The number of hydrogen-bond acceptors (Lipinski definition) is 4. The number of rotatable bonds is 5. The van der Waals surface area contributed by atoms with Gasteiger partial charge in [0.25, 0.3) is 5.69 Å². The second kappa shape index (κ2) is 5.79. The lowest BCUT2D eigenvalue weighted by molar-refractivity contribution is -0.384. The van der Waals surface area contributed by atoms with Crippen LogP contribution in [0.4, 0.5) is 10.1 Å². The third-order valence-corrected chi connectivity index (χ3v) is 2.72. The summed E-state index contributed by atoms with van der Waals surface area (Å²) >= 11 is 0. The second-order valence-electron chi connectivity index (χ2n) is 4.68. The lowest BCUT2D eigenvalue weighted by Gasteiger charge is -2.05. The van der Waals surface area contributed by atoms with Crippen molar-refractivity contribution in [1.29, 1.82) is 0 Å². The molecule has 0 bridgehead atoms. The maximum atomic E-state index is 13.3. The van der Waals surface area contributed by atoms with Crippen molar-refractivity contribution < 1.29 is 9.31 Å². The quantitative estimate of drug-likeness (QED) is 0.673. The van der Waals surface area contributed by atoms with Crippen molar-refractivity contribution in [3.8, 4) is 5.69 Å². The average Bonchev–Trinajstić information content (AvgIpc) is 2.84. The predicted octanol–water partition coefficient (Wildman–Crippen LogP) is 2.42. The molecule has 1 heterocycles. The normalized spacial score (nSPS) is 11.0. The van der Waals surface area contributed by atoms with E-state index in [2.05, 4.69) is 10.4 Å². The van der Waals surface area contributed by atoms with E-state index in [9.17, 15) is 14.5 Å². The van der Waals surface area contributed by atoms with Gasteiger partial charge in [-0.05, 0) is 12.1 Å². The fourth-order valence-corrected chi connectivity index (χ4v) is 1.73. The van der Waals surface area contributed by atoms with Crippen molar-refractivity contribution in [2.24, 2.45) is 0 Å². The van der Waals surface area contributed by atoms with E-state index in [1.165, 1.54) is 4.68 Å². The molecule has 0 aliphatic carbocycles. The lowest BCUT2D eigenvalue weighted by atomic mass is 10.2. The molecule has 106 valence electrons. The topological polar surface area (TPSA) is 73.0 Å². The Kier molecular flexibility index (Phi) is 4.09. The van der Waals surface area contributed by atoms with Crippen LogP contribution in [0.15, 0.2) is 30.5 Å². The monoisotopic (exact) mass is 278 g/mol. The molecule has 0 fully saturated rings. The molecule has 1 aromatic carbocycles. The van der Waals surface area contributed by atoms with Crippen LogP contribution < -0.4 is 5.32 Å². The number of nitrogens with zero attached hydrogens (tertiary/aromatic N) is 3. The largest absolute Gasteiger partial charge is 0.309 e. The Morgan fingerprint density at radius 2 is 2.20 bits per heavy atom. The average molecular weight is 278 g/mol. The summed E-state index contributed by atoms with van der Waals surface area (Å²) in [4.78, 5) is 10.4. The molecule has 0 atom stereocenters. The molecule has 2 aromatic rings. The zero-order valence-corrected chi connectivity index (χ0v) is 11.2. The Bertz CT molecular complexity index is 625. The van der Waals surface area contributed by atoms with Crippen molar-refractivity contribution in [1.82, 2.24) is 15.1 Å². The maximum absolute atomic E-state index is 13.3. The van der Waals surface area contributed by atoms with E-state index in [4.69, 9.17) is 0 Å². The first-order valence-electron chi connectivity index (χ1n) is 6.19.